The van der Waals surface area contributed by atoms with Crippen LogP contribution in [0.1, 0.15) is 40.5 Å². The monoisotopic (exact) mass is 392 g/mol. The second-order valence-electron chi connectivity index (χ2n) is 6.41. The molecule has 5 N–H and O–H groups in total. The predicted octanol–water partition coefficient (Wildman–Crippen LogP) is 1.73. The molecule has 0 aromatic carbocycles. The van der Waals surface area contributed by atoms with Crippen molar-refractivity contribution in [3.8, 4) is 0 Å². The first-order valence-corrected chi connectivity index (χ1v) is 11.2. The van der Waals surface area contributed by atoms with E-state index in [1.807, 2.05) is 34.0 Å². The highest BCUT2D eigenvalue weighted by molar-refractivity contribution is 8.76. The topological polar surface area (TPSA) is 113 Å². The van der Waals surface area contributed by atoms with Crippen molar-refractivity contribution in [3.05, 3.63) is 0 Å². The molecule has 0 aromatic rings. The third-order valence-corrected chi connectivity index (χ3v) is 5.21. The Labute approximate surface area is 158 Å². The number of nitrogens with two attached hydrogens (primary N) is 1. The number of primary amides is 1. The zero-order chi connectivity index (χ0) is 19.4. The van der Waals surface area contributed by atoms with Crippen LogP contribution in [0.2, 0.25) is 0 Å². The van der Waals surface area contributed by atoms with Crippen molar-refractivity contribution in [2.45, 2.75) is 52.6 Å². The minimum absolute atomic E-state index is 0.00609. The van der Waals surface area contributed by atoms with Gasteiger partial charge in [-0.3, -0.25) is 14.9 Å². The van der Waals surface area contributed by atoms with Crippen LogP contribution in [0.3, 0.4) is 0 Å². The summed E-state index contributed by atoms with van der Waals surface area (Å²) in [5, 5.41) is 8.60. The fourth-order valence-corrected chi connectivity index (χ4v) is 3.20. The van der Waals surface area contributed by atoms with Gasteiger partial charge in [-0.15, -0.1) is 0 Å². The molecule has 7 nitrogen and oxygen atoms in total. The molecule has 0 unspecified atom stereocenters. The standard InChI is InChI=1S/C16H32N4O3S2/c1-10(2)13(19-9-25-24-5)15(22)20-12(14(21)11(3)4)7-6-8-18-16(17)23/h10-13,19H,6-9H2,1-5H3,(H,20,22)(H3,17,18,23)/t12-,13-/m0/s1. The maximum atomic E-state index is 12.6. The maximum absolute atomic E-state index is 12.6. The zero-order valence-electron chi connectivity index (χ0n) is 15.8. The number of nitrogens with one attached hydrogen (secondary N) is 3. The van der Waals surface area contributed by atoms with Crippen molar-refractivity contribution < 1.29 is 14.4 Å². The summed E-state index contributed by atoms with van der Waals surface area (Å²) in [4.78, 5) is 35.7. The van der Waals surface area contributed by atoms with E-state index in [0.717, 1.165) is 0 Å². The molecule has 25 heavy (non-hydrogen) atoms. The second-order valence-corrected chi connectivity index (χ2v) is 8.97. The van der Waals surface area contributed by atoms with Gasteiger partial charge >= 0.3 is 6.03 Å². The Hall–Kier alpha value is -0.930. The van der Waals surface area contributed by atoms with E-state index in [0.29, 0.717) is 25.3 Å². The number of amides is 3. The van der Waals surface area contributed by atoms with Crippen molar-refractivity contribution in [1.82, 2.24) is 16.0 Å². The third kappa shape index (κ3) is 10.6. The minimum Gasteiger partial charge on any atom is -0.352 e. The number of ketones is 1. The van der Waals surface area contributed by atoms with E-state index < -0.39 is 12.1 Å². The van der Waals surface area contributed by atoms with Gasteiger partial charge in [-0.25, -0.2) is 4.79 Å². The van der Waals surface area contributed by atoms with E-state index in [4.69, 9.17) is 5.73 Å². The van der Waals surface area contributed by atoms with Gasteiger partial charge in [0.25, 0.3) is 0 Å². The van der Waals surface area contributed by atoms with Crippen molar-refractivity contribution >= 4 is 39.3 Å². The lowest BCUT2D eigenvalue weighted by molar-refractivity contribution is -0.131. The summed E-state index contributed by atoms with van der Waals surface area (Å²) in [7, 11) is 3.26. The Morgan fingerprint density at radius 2 is 1.76 bits per heavy atom. The lowest BCUT2D eigenvalue weighted by Crippen LogP contribution is -2.52. The number of carbonyl (C=O) groups is 3. The molecule has 9 heteroatoms. The number of urea groups is 1. The van der Waals surface area contributed by atoms with E-state index in [1.54, 1.807) is 21.6 Å². The maximum Gasteiger partial charge on any atom is 0.312 e. The van der Waals surface area contributed by atoms with E-state index in [-0.39, 0.29) is 29.6 Å². The van der Waals surface area contributed by atoms with Crippen LogP contribution in [-0.4, -0.2) is 48.5 Å². The largest absolute Gasteiger partial charge is 0.352 e. The molecule has 0 radical (unpaired) electrons. The molecule has 3 amide bonds. The molecule has 0 fully saturated rings. The van der Waals surface area contributed by atoms with Crippen LogP contribution in [-0.2, 0) is 9.59 Å². The quantitative estimate of drug-likeness (QED) is 0.216. The first-order chi connectivity index (χ1) is 11.7. The lowest BCUT2D eigenvalue weighted by Gasteiger charge is -2.26. The van der Waals surface area contributed by atoms with Gasteiger partial charge in [0.1, 0.15) is 0 Å². The number of rotatable bonds is 13. The molecule has 0 saturated carbocycles. The highest BCUT2D eigenvalue weighted by atomic mass is 33.1. The van der Waals surface area contributed by atoms with Crippen molar-refractivity contribution in [2.24, 2.45) is 17.6 Å². The predicted molar refractivity (Wildman–Crippen MR) is 106 cm³/mol. The number of hydrogen-bond donors (Lipinski definition) is 4. The molecular formula is C16H32N4O3S2. The zero-order valence-corrected chi connectivity index (χ0v) is 17.4. The molecule has 0 spiro atoms. The number of carbonyl (C=O) groups excluding carboxylic acids is 3. The summed E-state index contributed by atoms with van der Waals surface area (Å²) in [6.07, 6.45) is 3.01. The molecule has 0 saturated heterocycles. The molecule has 0 aromatic heterocycles. The summed E-state index contributed by atoms with van der Waals surface area (Å²) in [5.74, 6) is 0.413. The molecular weight excluding hydrogens is 360 g/mol. The van der Waals surface area contributed by atoms with Crippen LogP contribution in [0.4, 0.5) is 4.79 Å². The Morgan fingerprint density at radius 1 is 1.12 bits per heavy atom. The van der Waals surface area contributed by atoms with Crippen molar-refractivity contribution in [1.29, 1.82) is 0 Å². The molecule has 0 heterocycles. The Balaban J connectivity index is 4.79. The van der Waals surface area contributed by atoms with Crippen LogP contribution < -0.4 is 21.7 Å². The van der Waals surface area contributed by atoms with Gasteiger partial charge in [-0.1, -0.05) is 49.3 Å². The summed E-state index contributed by atoms with van der Waals surface area (Å²) in [5.41, 5.74) is 5.03. The summed E-state index contributed by atoms with van der Waals surface area (Å²) < 4.78 is 0. The third-order valence-electron chi connectivity index (χ3n) is 3.63. The lowest BCUT2D eigenvalue weighted by atomic mass is 9.96. The van der Waals surface area contributed by atoms with Crippen LogP contribution >= 0.6 is 21.6 Å². The molecule has 0 aliphatic heterocycles. The Bertz CT molecular complexity index is 434. The Morgan fingerprint density at radius 3 is 2.24 bits per heavy atom. The van der Waals surface area contributed by atoms with Crippen LogP contribution in [0.5, 0.6) is 0 Å². The summed E-state index contributed by atoms with van der Waals surface area (Å²) >= 11 is 0. The molecule has 0 aliphatic rings. The van der Waals surface area contributed by atoms with Gasteiger partial charge in [0.15, 0.2) is 5.78 Å². The average molecular weight is 393 g/mol. The van der Waals surface area contributed by atoms with Crippen molar-refractivity contribution in [3.63, 3.8) is 0 Å². The molecule has 146 valence electrons. The molecule has 0 aliphatic carbocycles. The average Bonchev–Trinajstić information content (AvgIpc) is 2.52. The Kier molecular flexibility index (Phi) is 12.8. The minimum atomic E-state index is -0.592. The van der Waals surface area contributed by atoms with Gasteiger partial charge in [0.05, 0.1) is 18.0 Å². The number of Topliss-reactive ketones (excluding diaryl/α,β-unsaturated/α-hetero) is 1. The van der Waals surface area contributed by atoms with Gasteiger partial charge in [-0.05, 0) is 25.0 Å². The molecule has 0 bridgehead atoms. The smallest absolute Gasteiger partial charge is 0.312 e. The summed E-state index contributed by atoms with van der Waals surface area (Å²) in [6, 6.07) is -1.50. The first kappa shape index (κ1) is 24.1. The highest BCUT2D eigenvalue weighted by Crippen LogP contribution is 2.16. The normalized spacial score (nSPS) is 13.6. The van der Waals surface area contributed by atoms with Crippen LogP contribution in [0.25, 0.3) is 0 Å². The van der Waals surface area contributed by atoms with Crippen LogP contribution in [0, 0.1) is 11.8 Å². The van der Waals surface area contributed by atoms with E-state index in [2.05, 4.69) is 16.0 Å². The van der Waals surface area contributed by atoms with Gasteiger partial charge in [0, 0.05) is 12.5 Å². The van der Waals surface area contributed by atoms with Gasteiger partial charge in [-0.2, -0.15) is 0 Å². The fourth-order valence-electron chi connectivity index (χ4n) is 2.28. The first-order valence-electron chi connectivity index (χ1n) is 8.47. The fraction of sp³-hybridized carbons (Fsp3) is 0.812. The SMILES string of the molecule is CSSCN[C@H](C(=O)N[C@@H](CCCNC(N)=O)C(=O)C(C)C)C(C)C. The van der Waals surface area contributed by atoms with Crippen LogP contribution in [0.15, 0.2) is 0 Å². The number of hydrogen-bond acceptors (Lipinski definition) is 6. The highest BCUT2D eigenvalue weighted by Gasteiger charge is 2.28. The summed E-state index contributed by atoms with van der Waals surface area (Å²) in [6.45, 7) is 7.95. The van der Waals surface area contributed by atoms with E-state index in [9.17, 15) is 14.4 Å². The second kappa shape index (κ2) is 13.3. The molecule has 2 atom stereocenters. The van der Waals surface area contributed by atoms with E-state index in [1.165, 1.54) is 0 Å². The van der Waals surface area contributed by atoms with Gasteiger partial charge < -0.3 is 16.4 Å². The van der Waals surface area contributed by atoms with Gasteiger partial charge in [0.2, 0.25) is 5.91 Å². The van der Waals surface area contributed by atoms with E-state index >= 15 is 0 Å². The molecule has 0 rings (SSSR count). The van der Waals surface area contributed by atoms with Crippen molar-refractivity contribution in [2.75, 3.05) is 18.7 Å².